The first-order chi connectivity index (χ1) is 14.9. The molecule has 3 aromatic carbocycles. The van der Waals surface area contributed by atoms with Gasteiger partial charge in [-0.25, -0.2) is 8.78 Å². The minimum Gasteiger partial charge on any atom is -0.507 e. The molecule has 1 atom stereocenters. The third-order valence-electron chi connectivity index (χ3n) is 5.11. The summed E-state index contributed by atoms with van der Waals surface area (Å²) in [6.07, 6.45) is 0. The Morgan fingerprint density at radius 1 is 0.935 bits per heavy atom. The first kappa shape index (κ1) is 20.3. The monoisotopic (exact) mass is 421 g/mol. The number of amides is 1. The molecule has 1 N–H and O–H groups in total. The molecule has 0 spiro atoms. The summed E-state index contributed by atoms with van der Waals surface area (Å²) in [6.45, 7) is 0. The number of carbonyl (C=O) groups excluding carboxylic acids is 2. The van der Waals surface area contributed by atoms with Crippen LogP contribution >= 0.6 is 0 Å². The van der Waals surface area contributed by atoms with Crippen LogP contribution in [0.5, 0.6) is 5.75 Å². The van der Waals surface area contributed by atoms with Gasteiger partial charge in [-0.1, -0.05) is 18.2 Å². The predicted octanol–water partition coefficient (Wildman–Crippen LogP) is 4.60. The molecule has 7 heteroatoms. The van der Waals surface area contributed by atoms with Crippen molar-refractivity contribution < 1.29 is 28.2 Å². The number of aliphatic hydroxyl groups is 1. The molecule has 0 aromatic heterocycles. The highest BCUT2D eigenvalue weighted by molar-refractivity contribution is 6.51. The summed E-state index contributed by atoms with van der Waals surface area (Å²) in [7, 11) is 1.49. The normalized spacial score (nSPS) is 17.8. The third kappa shape index (κ3) is 3.54. The molecule has 0 radical (unpaired) electrons. The number of hydrogen-bond donors (Lipinski definition) is 1. The van der Waals surface area contributed by atoms with E-state index < -0.39 is 35.1 Å². The van der Waals surface area contributed by atoms with Crippen LogP contribution in [-0.2, 0) is 9.59 Å². The highest BCUT2D eigenvalue weighted by Gasteiger charge is 2.47. The van der Waals surface area contributed by atoms with Crippen LogP contribution in [0.1, 0.15) is 17.2 Å². The van der Waals surface area contributed by atoms with E-state index in [9.17, 15) is 23.5 Å². The van der Waals surface area contributed by atoms with E-state index in [2.05, 4.69) is 0 Å². The molecule has 1 saturated heterocycles. The summed E-state index contributed by atoms with van der Waals surface area (Å²) in [5.74, 6) is -3.00. The van der Waals surface area contributed by atoms with Crippen LogP contribution in [0.2, 0.25) is 0 Å². The molecule has 5 nitrogen and oxygen atoms in total. The van der Waals surface area contributed by atoms with Crippen molar-refractivity contribution >= 4 is 23.1 Å². The van der Waals surface area contributed by atoms with Crippen LogP contribution in [0, 0.1) is 11.6 Å². The first-order valence-corrected chi connectivity index (χ1v) is 9.38. The maximum atomic E-state index is 14.8. The van der Waals surface area contributed by atoms with Gasteiger partial charge in [0.25, 0.3) is 11.7 Å². The first-order valence-electron chi connectivity index (χ1n) is 9.38. The topological polar surface area (TPSA) is 66.8 Å². The van der Waals surface area contributed by atoms with Gasteiger partial charge in [0.2, 0.25) is 0 Å². The van der Waals surface area contributed by atoms with Crippen LogP contribution in [-0.4, -0.2) is 23.9 Å². The molecule has 1 heterocycles. The van der Waals surface area contributed by atoms with Crippen LogP contribution < -0.4 is 9.64 Å². The Kier molecular flexibility index (Phi) is 5.25. The zero-order valence-electron chi connectivity index (χ0n) is 16.4. The highest BCUT2D eigenvalue weighted by Crippen LogP contribution is 2.42. The molecule has 1 unspecified atom stereocenters. The van der Waals surface area contributed by atoms with Gasteiger partial charge in [0.15, 0.2) is 0 Å². The van der Waals surface area contributed by atoms with Crippen molar-refractivity contribution in [2.24, 2.45) is 0 Å². The van der Waals surface area contributed by atoms with Gasteiger partial charge in [-0.15, -0.1) is 0 Å². The van der Waals surface area contributed by atoms with Crippen molar-refractivity contribution in [3.8, 4) is 5.75 Å². The van der Waals surface area contributed by atoms with E-state index in [1.54, 1.807) is 18.2 Å². The second-order valence-corrected chi connectivity index (χ2v) is 6.90. The van der Waals surface area contributed by atoms with Gasteiger partial charge in [0, 0.05) is 16.8 Å². The number of aliphatic hydroxyl groups excluding tert-OH is 1. The second kappa shape index (κ2) is 8.02. The smallest absolute Gasteiger partial charge is 0.300 e. The van der Waals surface area contributed by atoms with Gasteiger partial charge in [-0.2, -0.15) is 0 Å². The number of rotatable bonds is 4. The van der Waals surface area contributed by atoms with Gasteiger partial charge >= 0.3 is 0 Å². The average molecular weight is 421 g/mol. The van der Waals surface area contributed by atoms with E-state index in [4.69, 9.17) is 4.74 Å². The van der Waals surface area contributed by atoms with E-state index >= 15 is 0 Å². The Balaban J connectivity index is 1.94. The Morgan fingerprint density at radius 3 is 2.19 bits per heavy atom. The Bertz CT molecular complexity index is 1190. The molecular formula is C24H17F2NO4. The number of hydrogen-bond acceptors (Lipinski definition) is 4. The van der Waals surface area contributed by atoms with E-state index in [0.717, 1.165) is 17.0 Å². The van der Waals surface area contributed by atoms with E-state index in [1.807, 2.05) is 0 Å². The number of ketones is 1. The van der Waals surface area contributed by atoms with Gasteiger partial charge in [0.05, 0.1) is 18.7 Å². The number of ether oxygens (including phenoxy) is 1. The lowest BCUT2D eigenvalue weighted by Crippen LogP contribution is -2.29. The van der Waals surface area contributed by atoms with E-state index in [1.165, 1.54) is 49.6 Å². The minimum absolute atomic E-state index is 0.0288. The van der Waals surface area contributed by atoms with Crippen molar-refractivity contribution in [3.05, 3.63) is 101 Å². The number of nitrogens with zero attached hydrogens (tertiary/aromatic N) is 1. The molecule has 0 aliphatic carbocycles. The maximum absolute atomic E-state index is 14.8. The number of halogens is 2. The number of Topliss-reactive ketones (excluding diaryl/α,β-unsaturated/α-hetero) is 1. The Labute approximate surface area is 176 Å². The molecule has 156 valence electrons. The lowest BCUT2D eigenvalue weighted by atomic mass is 9.94. The molecule has 1 aliphatic rings. The molecule has 4 rings (SSSR count). The van der Waals surface area contributed by atoms with E-state index in [-0.39, 0.29) is 22.4 Å². The quantitative estimate of drug-likeness (QED) is 0.380. The summed E-state index contributed by atoms with van der Waals surface area (Å²) in [5.41, 5.74) is 0.232. The summed E-state index contributed by atoms with van der Waals surface area (Å²) in [4.78, 5) is 27.0. The van der Waals surface area contributed by atoms with Crippen molar-refractivity contribution in [2.75, 3.05) is 12.0 Å². The van der Waals surface area contributed by atoms with Gasteiger partial charge in [-0.05, 0) is 54.6 Å². The SMILES string of the molecule is COc1ccc(/C(O)=C2/C(=O)C(=O)N(c3ccc(F)cc3)C2c2ccccc2F)cc1. The number of benzene rings is 3. The van der Waals surface area contributed by atoms with Crippen molar-refractivity contribution in [2.45, 2.75) is 6.04 Å². The third-order valence-corrected chi connectivity index (χ3v) is 5.11. The fourth-order valence-corrected chi connectivity index (χ4v) is 3.60. The fraction of sp³-hybridized carbons (Fsp3) is 0.0833. The lowest BCUT2D eigenvalue weighted by Gasteiger charge is -2.25. The standard InChI is InChI=1S/C24H17F2NO4/c1-31-17-12-6-14(7-13-17)22(28)20-21(18-4-2-3-5-19(18)26)27(24(30)23(20)29)16-10-8-15(25)9-11-16/h2-13,21,28H,1H3/b22-20-. The van der Waals surface area contributed by atoms with Gasteiger partial charge in [0.1, 0.15) is 23.1 Å². The Morgan fingerprint density at radius 2 is 1.58 bits per heavy atom. The van der Waals surface area contributed by atoms with Crippen molar-refractivity contribution in [3.63, 3.8) is 0 Å². The highest BCUT2D eigenvalue weighted by atomic mass is 19.1. The van der Waals surface area contributed by atoms with Crippen molar-refractivity contribution in [1.29, 1.82) is 0 Å². The number of anilines is 1. The van der Waals surface area contributed by atoms with Crippen LogP contribution in [0.25, 0.3) is 5.76 Å². The summed E-state index contributed by atoms with van der Waals surface area (Å²) in [5, 5.41) is 11.0. The lowest BCUT2D eigenvalue weighted by molar-refractivity contribution is -0.132. The summed E-state index contributed by atoms with van der Waals surface area (Å²) >= 11 is 0. The molecule has 0 bridgehead atoms. The average Bonchev–Trinajstić information content (AvgIpc) is 3.05. The zero-order chi connectivity index (χ0) is 22.1. The number of carbonyl (C=O) groups is 2. The maximum Gasteiger partial charge on any atom is 0.300 e. The zero-order valence-corrected chi connectivity index (χ0v) is 16.4. The minimum atomic E-state index is -1.23. The summed E-state index contributed by atoms with van der Waals surface area (Å²) in [6, 6.07) is 15.6. The molecule has 1 aliphatic heterocycles. The van der Waals surface area contributed by atoms with Crippen LogP contribution in [0.15, 0.2) is 78.4 Å². The molecular weight excluding hydrogens is 404 g/mol. The van der Waals surface area contributed by atoms with Crippen LogP contribution in [0.3, 0.4) is 0 Å². The second-order valence-electron chi connectivity index (χ2n) is 6.90. The molecule has 1 amide bonds. The van der Waals surface area contributed by atoms with E-state index in [0.29, 0.717) is 5.75 Å². The fourth-order valence-electron chi connectivity index (χ4n) is 3.60. The molecule has 31 heavy (non-hydrogen) atoms. The summed E-state index contributed by atoms with van der Waals surface area (Å²) < 4.78 is 33.3. The van der Waals surface area contributed by atoms with Crippen LogP contribution in [0.4, 0.5) is 14.5 Å². The number of methoxy groups -OCH3 is 1. The molecule has 3 aromatic rings. The predicted molar refractivity (Wildman–Crippen MR) is 111 cm³/mol. The molecule has 0 saturated carbocycles. The molecule has 1 fully saturated rings. The van der Waals surface area contributed by atoms with Gasteiger partial charge in [-0.3, -0.25) is 14.5 Å². The Hall–Kier alpha value is -4.00. The van der Waals surface area contributed by atoms with Gasteiger partial charge < -0.3 is 9.84 Å². The van der Waals surface area contributed by atoms with Crippen molar-refractivity contribution in [1.82, 2.24) is 0 Å². The largest absolute Gasteiger partial charge is 0.507 e.